The van der Waals surface area contributed by atoms with E-state index in [9.17, 15) is 4.79 Å². The molecule has 4 heteroatoms. The van der Waals surface area contributed by atoms with E-state index in [4.69, 9.17) is 0 Å². The fourth-order valence-electron chi connectivity index (χ4n) is 0.387. The highest BCUT2D eigenvalue weighted by Crippen LogP contribution is 1.80. The van der Waals surface area contributed by atoms with Gasteiger partial charge in [-0.3, -0.25) is 4.79 Å². The number of carbonyl (C=O) groups is 1. The van der Waals surface area contributed by atoms with Crippen molar-refractivity contribution in [3.63, 3.8) is 0 Å². The van der Waals surface area contributed by atoms with Crippen LogP contribution < -0.4 is 5.32 Å². The van der Waals surface area contributed by atoms with Gasteiger partial charge < -0.3 is 5.32 Å². The minimum absolute atomic E-state index is 0.0856. The molecule has 0 aromatic rings. The summed E-state index contributed by atoms with van der Waals surface area (Å²) in [6.07, 6.45) is 1.24. The fraction of sp³-hybridized carbons (Fsp3) is 0.750. The van der Waals surface area contributed by atoms with Crippen LogP contribution in [-0.4, -0.2) is 26.0 Å². The predicted octanol–water partition coefficient (Wildman–Crippen LogP) is -0.987. The van der Waals surface area contributed by atoms with Crippen molar-refractivity contribution in [1.82, 2.24) is 5.32 Å². The number of carbonyl (C=O) groups excluding carboxylic acids is 1. The Labute approximate surface area is 55.9 Å². The van der Waals surface area contributed by atoms with Crippen molar-refractivity contribution in [3.05, 3.63) is 0 Å². The highest BCUT2D eigenvalue weighted by atomic mass is 32.1. The first-order valence-corrected chi connectivity index (χ1v) is 3.32. The SMILES string of the molecule is BCNC(=O)CCS. The molecule has 0 fully saturated rings. The quantitative estimate of drug-likeness (QED) is 0.374. The maximum absolute atomic E-state index is 10.5. The Morgan fingerprint density at radius 3 is 2.75 bits per heavy atom. The Morgan fingerprint density at radius 2 is 2.38 bits per heavy atom. The lowest BCUT2D eigenvalue weighted by molar-refractivity contribution is -0.120. The van der Waals surface area contributed by atoms with Gasteiger partial charge in [0.2, 0.25) is 5.91 Å². The lowest BCUT2D eigenvalue weighted by Gasteiger charge is -1.96. The molecule has 0 rings (SSSR count). The second kappa shape index (κ2) is 5.03. The van der Waals surface area contributed by atoms with E-state index >= 15 is 0 Å². The molecule has 46 valence electrons. The van der Waals surface area contributed by atoms with Crippen LogP contribution in [0.3, 0.4) is 0 Å². The Kier molecular flexibility index (Phi) is 4.96. The van der Waals surface area contributed by atoms with Gasteiger partial charge >= 0.3 is 0 Å². The summed E-state index contributed by atoms with van der Waals surface area (Å²) in [5, 5.41) is 2.66. The molecule has 0 unspecified atom stereocenters. The van der Waals surface area contributed by atoms with Crippen molar-refractivity contribution in [1.29, 1.82) is 0 Å². The van der Waals surface area contributed by atoms with Crippen LogP contribution in [-0.2, 0) is 4.79 Å². The van der Waals surface area contributed by atoms with Crippen molar-refractivity contribution in [2.45, 2.75) is 6.42 Å². The molecular formula is C4H10BNOS. The molecule has 0 atom stereocenters. The van der Waals surface area contributed by atoms with Crippen molar-refractivity contribution >= 4 is 26.4 Å². The van der Waals surface area contributed by atoms with Crippen LogP contribution in [0.4, 0.5) is 0 Å². The van der Waals surface area contributed by atoms with Crippen LogP contribution in [0.1, 0.15) is 6.42 Å². The van der Waals surface area contributed by atoms with E-state index in [1.54, 1.807) is 0 Å². The Bertz CT molecular complexity index is 70.4. The van der Waals surface area contributed by atoms with Gasteiger partial charge in [-0.2, -0.15) is 12.6 Å². The van der Waals surface area contributed by atoms with E-state index < -0.39 is 0 Å². The summed E-state index contributed by atoms with van der Waals surface area (Å²) in [4.78, 5) is 10.5. The summed E-state index contributed by atoms with van der Waals surface area (Å²) in [5.41, 5.74) is 0. The molecule has 0 heterocycles. The molecule has 2 nitrogen and oxygen atoms in total. The van der Waals surface area contributed by atoms with E-state index in [-0.39, 0.29) is 5.91 Å². The van der Waals surface area contributed by atoms with Gasteiger partial charge in [0, 0.05) is 6.42 Å². The first-order chi connectivity index (χ1) is 3.81. The third-order valence-corrected chi connectivity index (χ3v) is 0.936. The fourth-order valence-corrected chi connectivity index (χ4v) is 0.590. The minimum Gasteiger partial charge on any atom is -0.364 e. The zero-order chi connectivity index (χ0) is 6.41. The maximum Gasteiger partial charge on any atom is 0.220 e. The zero-order valence-electron chi connectivity index (χ0n) is 4.98. The largest absolute Gasteiger partial charge is 0.364 e. The lowest BCUT2D eigenvalue weighted by Crippen LogP contribution is -2.24. The molecule has 8 heavy (non-hydrogen) atoms. The third kappa shape index (κ3) is 4.05. The number of thiol groups is 1. The Balaban J connectivity index is 3.06. The lowest BCUT2D eigenvalue weighted by atomic mass is 10.2. The summed E-state index contributed by atoms with van der Waals surface area (Å²) in [7, 11) is 1.90. The van der Waals surface area contributed by atoms with Crippen LogP contribution in [0.2, 0.25) is 0 Å². The summed E-state index contributed by atoms with van der Waals surface area (Å²) in [6.45, 7) is 0. The van der Waals surface area contributed by atoms with Crippen molar-refractivity contribution in [2.24, 2.45) is 0 Å². The zero-order valence-corrected chi connectivity index (χ0v) is 5.87. The van der Waals surface area contributed by atoms with Crippen LogP contribution in [0.15, 0.2) is 0 Å². The van der Waals surface area contributed by atoms with Gasteiger partial charge in [0.15, 0.2) is 0 Å². The highest BCUT2D eigenvalue weighted by Gasteiger charge is 1.93. The molecule has 0 aliphatic rings. The van der Waals surface area contributed by atoms with Crippen molar-refractivity contribution in [2.75, 3.05) is 12.2 Å². The maximum atomic E-state index is 10.5. The average molecular weight is 131 g/mol. The molecular weight excluding hydrogens is 121 g/mol. The Hall–Kier alpha value is -0.115. The van der Waals surface area contributed by atoms with E-state index in [1.165, 1.54) is 0 Å². The second-order valence-electron chi connectivity index (χ2n) is 1.43. The number of nitrogens with one attached hydrogen (secondary N) is 1. The molecule has 0 spiro atoms. The molecule has 0 radical (unpaired) electrons. The molecule has 0 saturated carbocycles. The van der Waals surface area contributed by atoms with Gasteiger partial charge in [0.1, 0.15) is 7.85 Å². The first-order valence-electron chi connectivity index (χ1n) is 2.68. The first kappa shape index (κ1) is 7.88. The molecule has 0 aromatic heterocycles. The standard InChI is InChI=1S/C4H10BNOS/c5-3-6-4(7)1-2-8/h8H,1-3,5H2,(H,6,7). The molecule has 1 amide bonds. The van der Waals surface area contributed by atoms with Crippen molar-refractivity contribution in [3.8, 4) is 0 Å². The van der Waals surface area contributed by atoms with Gasteiger partial charge in [-0.15, -0.1) is 0 Å². The summed E-state index contributed by atoms with van der Waals surface area (Å²) in [5.74, 6) is 0.716. The molecule has 1 N–H and O–H groups in total. The summed E-state index contributed by atoms with van der Waals surface area (Å²) >= 11 is 3.89. The van der Waals surface area contributed by atoms with E-state index in [2.05, 4.69) is 17.9 Å². The topological polar surface area (TPSA) is 29.1 Å². The molecule has 0 aliphatic carbocycles. The average Bonchev–Trinajstić information content (AvgIpc) is 1.68. The van der Waals surface area contributed by atoms with Crippen LogP contribution in [0.5, 0.6) is 0 Å². The number of hydrogen-bond acceptors (Lipinski definition) is 2. The van der Waals surface area contributed by atoms with Gasteiger partial charge in [-0.25, -0.2) is 0 Å². The van der Waals surface area contributed by atoms with Gasteiger partial charge in [-0.05, 0) is 12.2 Å². The van der Waals surface area contributed by atoms with Crippen molar-refractivity contribution < 1.29 is 4.79 Å². The smallest absolute Gasteiger partial charge is 0.220 e. The van der Waals surface area contributed by atoms with E-state index in [0.717, 1.165) is 0 Å². The van der Waals surface area contributed by atoms with Crippen LogP contribution in [0.25, 0.3) is 0 Å². The monoisotopic (exact) mass is 131 g/mol. The predicted molar refractivity (Wildman–Crippen MR) is 40.0 cm³/mol. The molecule has 0 saturated heterocycles. The molecule has 0 aliphatic heterocycles. The Morgan fingerprint density at radius 1 is 1.75 bits per heavy atom. The van der Waals surface area contributed by atoms with Gasteiger partial charge in [0.25, 0.3) is 0 Å². The molecule has 0 aromatic carbocycles. The van der Waals surface area contributed by atoms with Crippen LogP contribution >= 0.6 is 12.6 Å². The minimum atomic E-state index is 0.0856. The normalized spacial score (nSPS) is 8.62. The third-order valence-electron chi connectivity index (χ3n) is 0.713. The molecule has 0 bridgehead atoms. The van der Waals surface area contributed by atoms with Gasteiger partial charge in [0.05, 0.1) is 0 Å². The van der Waals surface area contributed by atoms with Gasteiger partial charge in [-0.1, -0.05) is 0 Å². The number of amides is 1. The summed E-state index contributed by atoms with van der Waals surface area (Å²) < 4.78 is 0. The van der Waals surface area contributed by atoms with E-state index in [1.807, 2.05) is 7.85 Å². The second-order valence-corrected chi connectivity index (χ2v) is 1.87. The highest BCUT2D eigenvalue weighted by molar-refractivity contribution is 7.80. The number of hydrogen-bond donors (Lipinski definition) is 2. The van der Waals surface area contributed by atoms with Crippen LogP contribution in [0, 0.1) is 0 Å². The number of rotatable bonds is 3. The van der Waals surface area contributed by atoms with E-state index in [0.29, 0.717) is 18.6 Å². The summed E-state index contributed by atoms with van der Waals surface area (Å²) in [6, 6.07) is 0.